The van der Waals surface area contributed by atoms with Crippen molar-refractivity contribution < 1.29 is 23.8 Å². The van der Waals surface area contributed by atoms with Crippen LogP contribution in [0.5, 0.6) is 5.75 Å². The number of ether oxygens (including phenoxy) is 3. The summed E-state index contributed by atoms with van der Waals surface area (Å²) in [7, 11) is 1.54. The average Bonchev–Trinajstić information content (AvgIpc) is 3.05. The van der Waals surface area contributed by atoms with E-state index < -0.39 is 5.79 Å². The lowest BCUT2D eigenvalue weighted by Crippen LogP contribution is -2.47. The number of hydrogen-bond donors (Lipinski definition) is 2. The van der Waals surface area contributed by atoms with Crippen molar-refractivity contribution in [3.8, 4) is 5.75 Å². The van der Waals surface area contributed by atoms with Crippen LogP contribution in [-0.4, -0.2) is 62.5 Å². The van der Waals surface area contributed by atoms with Gasteiger partial charge in [-0.25, -0.2) is 0 Å². The highest BCUT2D eigenvalue weighted by Crippen LogP contribution is 2.31. The molecule has 8 nitrogen and oxygen atoms in total. The summed E-state index contributed by atoms with van der Waals surface area (Å²) in [5.41, 5.74) is 1.13. The largest absolute Gasteiger partial charge is 0.495 e. The van der Waals surface area contributed by atoms with Gasteiger partial charge in [0.2, 0.25) is 11.8 Å². The summed E-state index contributed by atoms with van der Waals surface area (Å²) >= 11 is 0. The van der Waals surface area contributed by atoms with E-state index in [2.05, 4.69) is 15.5 Å². The molecule has 2 saturated heterocycles. The van der Waals surface area contributed by atoms with Crippen molar-refractivity contribution in [3.05, 3.63) is 18.2 Å². The van der Waals surface area contributed by atoms with Crippen LogP contribution in [0.2, 0.25) is 0 Å². The predicted molar refractivity (Wildman–Crippen MR) is 96.2 cm³/mol. The molecule has 0 aliphatic carbocycles. The van der Waals surface area contributed by atoms with E-state index in [4.69, 9.17) is 14.2 Å². The minimum atomic E-state index is -0.442. The Hall–Kier alpha value is -2.16. The van der Waals surface area contributed by atoms with Gasteiger partial charge in [0.05, 0.1) is 32.6 Å². The Morgan fingerprint density at radius 3 is 2.50 bits per heavy atom. The van der Waals surface area contributed by atoms with Crippen LogP contribution < -0.4 is 15.4 Å². The number of piperidine rings is 1. The van der Waals surface area contributed by atoms with Crippen molar-refractivity contribution in [3.63, 3.8) is 0 Å². The van der Waals surface area contributed by atoms with Gasteiger partial charge in [-0.3, -0.25) is 14.5 Å². The molecule has 0 bridgehead atoms. The first-order valence-electron chi connectivity index (χ1n) is 8.75. The van der Waals surface area contributed by atoms with Crippen LogP contribution in [0, 0.1) is 0 Å². The summed E-state index contributed by atoms with van der Waals surface area (Å²) in [6, 6.07) is 5.12. The van der Waals surface area contributed by atoms with Crippen molar-refractivity contribution in [2.45, 2.75) is 25.6 Å². The first kappa shape index (κ1) is 18.6. The summed E-state index contributed by atoms with van der Waals surface area (Å²) in [5, 5.41) is 5.56. The number of likely N-dealkylation sites (tertiary alicyclic amines) is 1. The molecule has 1 aromatic carbocycles. The van der Waals surface area contributed by atoms with E-state index in [1.165, 1.54) is 14.0 Å². The van der Waals surface area contributed by atoms with E-state index in [0.29, 0.717) is 30.3 Å². The molecule has 142 valence electrons. The highest BCUT2D eigenvalue weighted by molar-refractivity contribution is 5.95. The number of hydrogen-bond acceptors (Lipinski definition) is 6. The van der Waals surface area contributed by atoms with E-state index in [1.807, 2.05) is 0 Å². The Labute approximate surface area is 152 Å². The van der Waals surface area contributed by atoms with Crippen molar-refractivity contribution in [1.29, 1.82) is 0 Å². The van der Waals surface area contributed by atoms with E-state index >= 15 is 0 Å². The second-order valence-electron chi connectivity index (χ2n) is 6.53. The third-order valence-electron chi connectivity index (χ3n) is 4.59. The molecule has 2 aliphatic rings. The first-order chi connectivity index (χ1) is 12.5. The van der Waals surface area contributed by atoms with Gasteiger partial charge in [-0.1, -0.05) is 0 Å². The maximum Gasteiger partial charge on any atom is 0.238 e. The second-order valence-corrected chi connectivity index (χ2v) is 6.53. The molecular weight excluding hydrogens is 338 g/mol. The lowest BCUT2D eigenvalue weighted by atomic mass is 10.0. The molecule has 0 saturated carbocycles. The van der Waals surface area contributed by atoms with Gasteiger partial charge in [0.25, 0.3) is 0 Å². The van der Waals surface area contributed by atoms with Crippen LogP contribution in [-0.2, 0) is 19.1 Å². The topological polar surface area (TPSA) is 89.1 Å². The van der Waals surface area contributed by atoms with Crippen molar-refractivity contribution in [2.24, 2.45) is 0 Å². The van der Waals surface area contributed by atoms with Crippen LogP contribution in [0.25, 0.3) is 0 Å². The van der Waals surface area contributed by atoms with E-state index in [-0.39, 0.29) is 18.4 Å². The van der Waals surface area contributed by atoms with Gasteiger partial charge in [0.1, 0.15) is 5.75 Å². The zero-order valence-electron chi connectivity index (χ0n) is 15.2. The van der Waals surface area contributed by atoms with Gasteiger partial charge in [-0.2, -0.15) is 0 Å². The third kappa shape index (κ3) is 4.51. The second kappa shape index (κ2) is 8.03. The van der Waals surface area contributed by atoms with Gasteiger partial charge in [-0.15, -0.1) is 0 Å². The summed E-state index contributed by atoms with van der Waals surface area (Å²) < 4.78 is 16.7. The number of carbonyl (C=O) groups excluding carboxylic acids is 2. The SMILES string of the molecule is COc1ccc(NC(C)=O)cc1NC(=O)CN1CCC2(CC1)OCCO2. The van der Waals surface area contributed by atoms with Gasteiger partial charge in [0, 0.05) is 38.5 Å². The molecule has 2 aliphatic heterocycles. The average molecular weight is 363 g/mol. The maximum absolute atomic E-state index is 12.4. The molecule has 0 unspecified atom stereocenters. The molecule has 26 heavy (non-hydrogen) atoms. The van der Waals surface area contributed by atoms with E-state index in [0.717, 1.165) is 25.9 Å². The Balaban J connectivity index is 1.56. The van der Waals surface area contributed by atoms with E-state index in [9.17, 15) is 9.59 Å². The molecule has 1 spiro atoms. The lowest BCUT2D eigenvalue weighted by molar-refractivity contribution is -0.185. The van der Waals surface area contributed by atoms with Crippen molar-refractivity contribution >= 4 is 23.2 Å². The smallest absolute Gasteiger partial charge is 0.238 e. The lowest BCUT2D eigenvalue weighted by Gasteiger charge is -2.37. The Bertz CT molecular complexity index is 663. The Kier molecular flexibility index (Phi) is 5.75. The number of nitrogens with one attached hydrogen (secondary N) is 2. The minimum Gasteiger partial charge on any atom is -0.495 e. The van der Waals surface area contributed by atoms with Crippen LogP contribution in [0.3, 0.4) is 0 Å². The van der Waals surface area contributed by atoms with Crippen LogP contribution in [0.1, 0.15) is 19.8 Å². The number of amides is 2. The number of nitrogens with zero attached hydrogens (tertiary/aromatic N) is 1. The minimum absolute atomic E-state index is 0.132. The molecule has 0 atom stereocenters. The van der Waals surface area contributed by atoms with Gasteiger partial charge >= 0.3 is 0 Å². The van der Waals surface area contributed by atoms with Crippen LogP contribution >= 0.6 is 0 Å². The zero-order chi connectivity index (χ0) is 18.6. The monoisotopic (exact) mass is 363 g/mol. The molecule has 2 heterocycles. The number of methoxy groups -OCH3 is 1. The molecule has 0 radical (unpaired) electrons. The molecule has 2 fully saturated rings. The summed E-state index contributed by atoms with van der Waals surface area (Å²) in [4.78, 5) is 25.7. The molecule has 2 amide bonds. The van der Waals surface area contributed by atoms with Crippen molar-refractivity contribution in [2.75, 3.05) is 50.6 Å². The van der Waals surface area contributed by atoms with Crippen molar-refractivity contribution in [1.82, 2.24) is 4.90 Å². The summed E-state index contributed by atoms with van der Waals surface area (Å²) in [6.45, 7) is 4.50. The van der Waals surface area contributed by atoms with Gasteiger partial charge in [-0.05, 0) is 18.2 Å². The quantitative estimate of drug-likeness (QED) is 0.823. The molecule has 2 N–H and O–H groups in total. The molecule has 1 aromatic rings. The van der Waals surface area contributed by atoms with Gasteiger partial charge in [0.15, 0.2) is 5.79 Å². The fraction of sp³-hybridized carbons (Fsp3) is 0.556. The normalized spacial score (nSPS) is 19.3. The summed E-state index contributed by atoms with van der Waals surface area (Å²) in [5.74, 6) is -0.209. The third-order valence-corrected chi connectivity index (χ3v) is 4.59. The Morgan fingerprint density at radius 2 is 1.88 bits per heavy atom. The fourth-order valence-corrected chi connectivity index (χ4v) is 3.32. The number of carbonyl (C=O) groups is 2. The Morgan fingerprint density at radius 1 is 1.19 bits per heavy atom. The maximum atomic E-state index is 12.4. The molecule has 0 aromatic heterocycles. The standard InChI is InChI=1S/C18H25N3O5/c1-13(22)19-14-3-4-16(24-2)15(11-14)20-17(23)12-21-7-5-18(6-8-21)25-9-10-26-18/h3-4,11H,5-10,12H2,1-2H3,(H,19,22)(H,20,23). The molecule has 8 heteroatoms. The predicted octanol–water partition coefficient (Wildman–Crippen LogP) is 1.43. The zero-order valence-corrected chi connectivity index (χ0v) is 15.2. The van der Waals surface area contributed by atoms with Crippen LogP contribution in [0.4, 0.5) is 11.4 Å². The first-order valence-corrected chi connectivity index (χ1v) is 8.75. The number of benzene rings is 1. The number of rotatable bonds is 5. The molecule has 3 rings (SSSR count). The van der Waals surface area contributed by atoms with E-state index in [1.54, 1.807) is 18.2 Å². The summed E-state index contributed by atoms with van der Waals surface area (Å²) in [6.07, 6.45) is 1.53. The fourth-order valence-electron chi connectivity index (χ4n) is 3.32. The molecular formula is C18H25N3O5. The highest BCUT2D eigenvalue weighted by Gasteiger charge is 2.39. The van der Waals surface area contributed by atoms with Crippen LogP contribution in [0.15, 0.2) is 18.2 Å². The highest BCUT2D eigenvalue weighted by atomic mass is 16.7. The number of anilines is 2. The van der Waals surface area contributed by atoms with Gasteiger partial charge < -0.3 is 24.8 Å².